The monoisotopic (exact) mass is 448 g/mol. The van der Waals surface area contributed by atoms with Crippen molar-refractivity contribution in [1.29, 1.82) is 0 Å². The first-order valence-corrected chi connectivity index (χ1v) is 11.2. The molecule has 0 atom stereocenters. The number of hydrogen-bond acceptors (Lipinski definition) is 4. The number of Topliss-reactive ketones (excluding diaryl/α,β-unsaturated/α-hetero) is 1. The van der Waals surface area contributed by atoms with E-state index in [1.807, 2.05) is 63.2 Å². The maximum absolute atomic E-state index is 13.4. The van der Waals surface area contributed by atoms with Gasteiger partial charge in [0, 0.05) is 10.6 Å². The second kappa shape index (κ2) is 8.69. The second-order valence-electron chi connectivity index (χ2n) is 7.51. The van der Waals surface area contributed by atoms with Crippen LogP contribution in [0.1, 0.15) is 27.0 Å². The first-order chi connectivity index (χ1) is 14.8. The van der Waals surface area contributed by atoms with Crippen molar-refractivity contribution in [3.05, 3.63) is 98.3 Å². The van der Waals surface area contributed by atoms with Crippen LogP contribution in [0.25, 0.3) is 16.6 Å². The first kappa shape index (κ1) is 21.3. The fraction of sp³-hybridized carbons (Fsp3) is 0.160. The van der Waals surface area contributed by atoms with Crippen molar-refractivity contribution in [2.24, 2.45) is 0 Å². The summed E-state index contributed by atoms with van der Waals surface area (Å²) in [7, 11) is 0. The third-order valence-electron chi connectivity index (χ3n) is 5.18. The minimum Gasteiger partial charge on any atom is -0.293 e. The number of benzene rings is 3. The summed E-state index contributed by atoms with van der Waals surface area (Å²) >= 11 is 7.40. The third-order valence-corrected chi connectivity index (χ3v) is 6.36. The predicted octanol–water partition coefficient (Wildman–Crippen LogP) is 5.94. The van der Waals surface area contributed by atoms with Gasteiger partial charge in [0.1, 0.15) is 0 Å². The van der Waals surface area contributed by atoms with Gasteiger partial charge in [-0.15, -0.1) is 0 Å². The Balaban J connectivity index is 1.81. The molecule has 0 fully saturated rings. The van der Waals surface area contributed by atoms with Crippen molar-refractivity contribution in [3.8, 4) is 5.69 Å². The Morgan fingerprint density at radius 2 is 1.77 bits per heavy atom. The summed E-state index contributed by atoms with van der Waals surface area (Å²) < 4.78 is 1.59. The van der Waals surface area contributed by atoms with Gasteiger partial charge in [-0.05, 0) is 62.2 Å². The summed E-state index contributed by atoms with van der Waals surface area (Å²) in [4.78, 5) is 31.1. The van der Waals surface area contributed by atoms with Crippen LogP contribution < -0.4 is 5.56 Å². The Kier molecular flexibility index (Phi) is 5.99. The number of hydrogen-bond donors (Lipinski definition) is 0. The fourth-order valence-corrected chi connectivity index (χ4v) is 4.56. The van der Waals surface area contributed by atoms with Gasteiger partial charge in [0.2, 0.25) is 0 Å². The van der Waals surface area contributed by atoms with Crippen LogP contribution in [-0.2, 0) is 0 Å². The molecule has 0 saturated heterocycles. The summed E-state index contributed by atoms with van der Waals surface area (Å²) in [6, 6.07) is 18.5. The molecule has 0 radical (unpaired) electrons. The number of nitrogens with zero attached hydrogens (tertiary/aromatic N) is 2. The highest BCUT2D eigenvalue weighted by Gasteiger charge is 2.17. The van der Waals surface area contributed by atoms with Crippen LogP contribution in [-0.4, -0.2) is 21.1 Å². The van der Waals surface area contributed by atoms with Crippen molar-refractivity contribution < 1.29 is 4.79 Å². The molecule has 156 valence electrons. The van der Waals surface area contributed by atoms with Gasteiger partial charge in [0.15, 0.2) is 10.9 Å². The third kappa shape index (κ3) is 4.29. The molecule has 0 saturated carbocycles. The van der Waals surface area contributed by atoms with Gasteiger partial charge in [0.05, 0.1) is 22.3 Å². The van der Waals surface area contributed by atoms with Crippen LogP contribution in [0.3, 0.4) is 0 Å². The maximum atomic E-state index is 13.4. The van der Waals surface area contributed by atoms with Gasteiger partial charge >= 0.3 is 0 Å². The summed E-state index contributed by atoms with van der Waals surface area (Å²) in [6.45, 7) is 5.84. The lowest BCUT2D eigenvalue weighted by Crippen LogP contribution is -2.23. The number of fused-ring (bicyclic) bond motifs is 1. The average molecular weight is 449 g/mol. The molecule has 0 aliphatic rings. The van der Waals surface area contributed by atoms with Crippen LogP contribution >= 0.6 is 23.4 Å². The smallest absolute Gasteiger partial charge is 0.266 e. The molecule has 4 rings (SSSR count). The van der Waals surface area contributed by atoms with Crippen molar-refractivity contribution >= 4 is 40.0 Å². The zero-order valence-corrected chi connectivity index (χ0v) is 19.1. The maximum Gasteiger partial charge on any atom is 0.266 e. The van der Waals surface area contributed by atoms with Crippen LogP contribution in [0.2, 0.25) is 5.02 Å². The molecule has 6 heteroatoms. The number of carbonyl (C=O) groups excluding carboxylic acids is 1. The summed E-state index contributed by atoms with van der Waals surface area (Å²) in [5.41, 5.74) is 4.70. The molecule has 4 nitrogen and oxygen atoms in total. The van der Waals surface area contributed by atoms with Gasteiger partial charge in [0.25, 0.3) is 5.56 Å². The van der Waals surface area contributed by atoms with E-state index < -0.39 is 0 Å². The number of halogens is 1. The molecule has 3 aromatic carbocycles. The number of rotatable bonds is 5. The number of para-hydroxylation sites is 1. The summed E-state index contributed by atoms with van der Waals surface area (Å²) in [6.07, 6.45) is 0. The molecule has 0 amide bonds. The highest BCUT2D eigenvalue weighted by molar-refractivity contribution is 7.99. The van der Waals surface area contributed by atoms with E-state index in [0.717, 1.165) is 22.4 Å². The topological polar surface area (TPSA) is 52.0 Å². The van der Waals surface area contributed by atoms with Crippen LogP contribution in [0.5, 0.6) is 0 Å². The van der Waals surface area contributed by atoms with E-state index in [1.54, 1.807) is 22.8 Å². The SMILES string of the molecule is Cc1ccc(C)c(C(=O)CSc2nc3cc(Cl)ccc3c(=O)n2-c2ccccc2C)c1. The number of aromatic nitrogens is 2. The Morgan fingerprint density at radius 1 is 1.00 bits per heavy atom. The van der Waals surface area contributed by atoms with E-state index in [4.69, 9.17) is 16.6 Å². The summed E-state index contributed by atoms with van der Waals surface area (Å²) in [5, 5.41) is 1.46. The molecule has 4 aromatic rings. The van der Waals surface area contributed by atoms with Gasteiger partial charge < -0.3 is 0 Å². The lowest BCUT2D eigenvalue weighted by atomic mass is 10.0. The van der Waals surface area contributed by atoms with Crippen LogP contribution in [0, 0.1) is 20.8 Å². The zero-order chi connectivity index (χ0) is 22.1. The summed E-state index contributed by atoms with van der Waals surface area (Å²) in [5.74, 6) is 0.178. The fourth-order valence-electron chi connectivity index (χ4n) is 3.51. The minimum absolute atomic E-state index is 0.00275. The largest absolute Gasteiger partial charge is 0.293 e. The van der Waals surface area contributed by atoms with E-state index in [1.165, 1.54) is 11.8 Å². The molecule has 0 unspecified atom stereocenters. The van der Waals surface area contributed by atoms with Crippen molar-refractivity contribution in [2.75, 3.05) is 5.75 Å². The molecule has 1 heterocycles. The van der Waals surface area contributed by atoms with Crippen LogP contribution in [0.15, 0.2) is 70.6 Å². The van der Waals surface area contributed by atoms with Gasteiger partial charge in [-0.25, -0.2) is 4.98 Å². The standard InChI is InChI=1S/C25H21ClN2O2S/c1-15-8-9-16(2)20(12-15)23(29)14-31-25-27-21-13-18(26)10-11-19(21)24(30)28(25)22-7-5-4-6-17(22)3/h4-13H,14H2,1-3H3. The lowest BCUT2D eigenvalue weighted by molar-refractivity contribution is 0.102. The molecule has 0 spiro atoms. The van der Waals surface area contributed by atoms with Gasteiger partial charge in [-0.2, -0.15) is 0 Å². The molecular formula is C25H21ClN2O2S. The quantitative estimate of drug-likeness (QED) is 0.215. The van der Waals surface area contributed by atoms with E-state index >= 15 is 0 Å². The Labute approximate surface area is 189 Å². The molecule has 0 N–H and O–H groups in total. The molecule has 0 aliphatic carbocycles. The lowest BCUT2D eigenvalue weighted by Gasteiger charge is -2.15. The predicted molar refractivity (Wildman–Crippen MR) is 128 cm³/mol. The Hall–Kier alpha value is -2.89. The molecular weight excluding hydrogens is 428 g/mol. The van der Waals surface area contributed by atoms with E-state index in [-0.39, 0.29) is 17.1 Å². The minimum atomic E-state index is -0.183. The number of ketones is 1. The zero-order valence-electron chi connectivity index (χ0n) is 17.5. The molecule has 1 aromatic heterocycles. The Bertz CT molecular complexity index is 1380. The van der Waals surface area contributed by atoms with E-state index in [2.05, 4.69) is 0 Å². The highest BCUT2D eigenvalue weighted by atomic mass is 35.5. The molecule has 31 heavy (non-hydrogen) atoms. The van der Waals surface area contributed by atoms with E-state index in [9.17, 15) is 9.59 Å². The normalized spacial score (nSPS) is 11.1. The number of aryl methyl sites for hydroxylation is 3. The van der Waals surface area contributed by atoms with Crippen molar-refractivity contribution in [1.82, 2.24) is 9.55 Å². The molecule has 0 aliphatic heterocycles. The van der Waals surface area contributed by atoms with Crippen LogP contribution in [0.4, 0.5) is 0 Å². The number of carbonyl (C=O) groups is 1. The van der Waals surface area contributed by atoms with Crippen molar-refractivity contribution in [3.63, 3.8) is 0 Å². The van der Waals surface area contributed by atoms with E-state index in [0.29, 0.717) is 26.6 Å². The van der Waals surface area contributed by atoms with Crippen molar-refractivity contribution in [2.45, 2.75) is 25.9 Å². The van der Waals surface area contributed by atoms with Gasteiger partial charge in [-0.1, -0.05) is 59.3 Å². The number of thioether (sulfide) groups is 1. The Morgan fingerprint density at radius 3 is 2.55 bits per heavy atom. The second-order valence-corrected chi connectivity index (χ2v) is 8.89. The molecule has 0 bridgehead atoms. The highest BCUT2D eigenvalue weighted by Crippen LogP contribution is 2.25. The first-order valence-electron chi connectivity index (χ1n) is 9.87. The van der Waals surface area contributed by atoms with Gasteiger partial charge in [-0.3, -0.25) is 14.2 Å². The average Bonchev–Trinajstić information content (AvgIpc) is 2.74.